The maximum atomic E-state index is 12.3. The van der Waals surface area contributed by atoms with Crippen LogP contribution < -0.4 is 15.1 Å². The standard InChI is InChI=1S/C25H22O5/c1-15(26)16-7-9-17(10-8-16)18-5-4-6-19(11-18)21-14-24(27)30-23-13-20(28-2)12-22(29-3)25(21)23/h4-15,26H,1-3H3. The predicted octanol–water partition coefficient (Wildman–Crippen LogP) is 5.20. The molecular weight excluding hydrogens is 380 g/mol. The summed E-state index contributed by atoms with van der Waals surface area (Å²) >= 11 is 0. The highest BCUT2D eigenvalue weighted by Gasteiger charge is 2.15. The molecule has 0 aliphatic heterocycles. The molecule has 1 N–H and O–H groups in total. The van der Waals surface area contributed by atoms with E-state index in [9.17, 15) is 9.90 Å². The zero-order valence-corrected chi connectivity index (χ0v) is 17.0. The highest BCUT2D eigenvalue weighted by molar-refractivity contribution is 5.99. The molecule has 0 saturated heterocycles. The first-order valence-corrected chi connectivity index (χ1v) is 9.59. The van der Waals surface area contributed by atoms with Gasteiger partial charge in [-0.05, 0) is 35.2 Å². The maximum absolute atomic E-state index is 12.3. The second kappa shape index (κ2) is 8.05. The molecule has 30 heavy (non-hydrogen) atoms. The van der Waals surface area contributed by atoms with E-state index in [-0.39, 0.29) is 0 Å². The minimum Gasteiger partial charge on any atom is -0.496 e. The van der Waals surface area contributed by atoms with E-state index in [1.54, 1.807) is 33.3 Å². The van der Waals surface area contributed by atoms with E-state index in [0.717, 1.165) is 27.8 Å². The molecule has 1 unspecified atom stereocenters. The average molecular weight is 402 g/mol. The van der Waals surface area contributed by atoms with Crippen LogP contribution in [0.3, 0.4) is 0 Å². The summed E-state index contributed by atoms with van der Waals surface area (Å²) in [5.74, 6) is 1.11. The van der Waals surface area contributed by atoms with Gasteiger partial charge in [-0.3, -0.25) is 0 Å². The van der Waals surface area contributed by atoms with Gasteiger partial charge in [-0.2, -0.15) is 0 Å². The van der Waals surface area contributed by atoms with Crippen LogP contribution in [0.1, 0.15) is 18.6 Å². The van der Waals surface area contributed by atoms with Crippen molar-refractivity contribution in [3.63, 3.8) is 0 Å². The van der Waals surface area contributed by atoms with Crippen LogP contribution in [0, 0.1) is 0 Å². The van der Waals surface area contributed by atoms with Crippen molar-refractivity contribution in [3.05, 3.63) is 82.7 Å². The number of ether oxygens (including phenoxy) is 2. The summed E-state index contributed by atoms with van der Waals surface area (Å²) in [6, 6.07) is 20.6. The van der Waals surface area contributed by atoms with E-state index < -0.39 is 11.7 Å². The Morgan fingerprint density at radius 2 is 1.60 bits per heavy atom. The number of benzene rings is 3. The van der Waals surface area contributed by atoms with Gasteiger partial charge in [-0.15, -0.1) is 0 Å². The van der Waals surface area contributed by atoms with Gasteiger partial charge in [0.2, 0.25) is 0 Å². The largest absolute Gasteiger partial charge is 0.496 e. The number of hydrogen-bond acceptors (Lipinski definition) is 5. The van der Waals surface area contributed by atoms with Gasteiger partial charge >= 0.3 is 5.63 Å². The molecule has 0 amide bonds. The van der Waals surface area contributed by atoms with E-state index in [0.29, 0.717) is 22.5 Å². The van der Waals surface area contributed by atoms with E-state index in [1.165, 1.54) is 6.07 Å². The van der Waals surface area contributed by atoms with Gasteiger partial charge in [-0.25, -0.2) is 4.79 Å². The molecular formula is C25H22O5. The van der Waals surface area contributed by atoms with Crippen LogP contribution in [0.4, 0.5) is 0 Å². The number of hydrogen-bond donors (Lipinski definition) is 1. The molecule has 1 heterocycles. The van der Waals surface area contributed by atoms with Crippen LogP contribution in [-0.2, 0) is 0 Å². The average Bonchev–Trinajstić information content (AvgIpc) is 2.77. The van der Waals surface area contributed by atoms with Gasteiger partial charge in [0.05, 0.1) is 25.7 Å². The number of rotatable bonds is 5. The summed E-state index contributed by atoms with van der Waals surface area (Å²) in [5, 5.41) is 10.4. The molecule has 0 aliphatic carbocycles. The summed E-state index contributed by atoms with van der Waals surface area (Å²) in [6.07, 6.45) is -0.509. The molecule has 3 aromatic carbocycles. The molecule has 1 atom stereocenters. The molecule has 4 rings (SSSR count). The zero-order valence-electron chi connectivity index (χ0n) is 17.0. The quantitative estimate of drug-likeness (QED) is 0.465. The van der Waals surface area contributed by atoms with E-state index >= 15 is 0 Å². The molecule has 0 saturated carbocycles. The monoisotopic (exact) mass is 402 g/mol. The Balaban J connectivity index is 1.89. The first kappa shape index (κ1) is 19.7. The lowest BCUT2D eigenvalue weighted by Gasteiger charge is -2.13. The third kappa shape index (κ3) is 3.67. The van der Waals surface area contributed by atoms with E-state index in [1.807, 2.05) is 48.5 Å². The molecule has 0 bridgehead atoms. The second-order valence-corrected chi connectivity index (χ2v) is 7.06. The summed E-state index contributed by atoms with van der Waals surface area (Å²) in [5.41, 5.74) is 4.43. The number of aliphatic hydroxyl groups is 1. The van der Waals surface area contributed by atoms with E-state index in [4.69, 9.17) is 13.9 Å². The van der Waals surface area contributed by atoms with Gasteiger partial charge in [0.1, 0.15) is 17.1 Å². The minimum atomic E-state index is -0.509. The van der Waals surface area contributed by atoms with Gasteiger partial charge < -0.3 is 19.0 Å². The summed E-state index contributed by atoms with van der Waals surface area (Å²) in [7, 11) is 3.12. The molecule has 1 aromatic heterocycles. The van der Waals surface area contributed by atoms with Crippen molar-refractivity contribution in [1.29, 1.82) is 0 Å². The van der Waals surface area contributed by atoms with Crippen LogP contribution in [0.25, 0.3) is 33.2 Å². The van der Waals surface area contributed by atoms with Gasteiger partial charge in [0.25, 0.3) is 0 Å². The molecule has 0 aliphatic rings. The second-order valence-electron chi connectivity index (χ2n) is 7.06. The first-order chi connectivity index (χ1) is 14.5. The van der Waals surface area contributed by atoms with Crippen molar-refractivity contribution in [2.45, 2.75) is 13.0 Å². The normalized spacial score (nSPS) is 12.0. The number of aliphatic hydroxyl groups excluding tert-OH is 1. The summed E-state index contributed by atoms with van der Waals surface area (Å²) in [6.45, 7) is 1.74. The van der Waals surface area contributed by atoms with Crippen molar-refractivity contribution in [2.75, 3.05) is 14.2 Å². The van der Waals surface area contributed by atoms with E-state index in [2.05, 4.69) is 0 Å². The molecule has 0 radical (unpaired) electrons. The maximum Gasteiger partial charge on any atom is 0.336 e. The van der Waals surface area contributed by atoms with Crippen molar-refractivity contribution in [2.24, 2.45) is 0 Å². The lowest BCUT2D eigenvalue weighted by molar-refractivity contribution is 0.199. The van der Waals surface area contributed by atoms with Crippen LogP contribution >= 0.6 is 0 Å². The highest BCUT2D eigenvalue weighted by atomic mass is 16.5. The fourth-order valence-electron chi connectivity index (χ4n) is 3.57. The predicted molar refractivity (Wildman–Crippen MR) is 117 cm³/mol. The Kier molecular flexibility index (Phi) is 5.29. The summed E-state index contributed by atoms with van der Waals surface area (Å²) < 4.78 is 16.3. The summed E-state index contributed by atoms with van der Waals surface area (Å²) in [4.78, 5) is 12.3. The SMILES string of the molecule is COc1cc(OC)c2c(-c3cccc(-c4ccc(C(C)O)cc4)c3)cc(=O)oc2c1. The number of fused-ring (bicyclic) bond motifs is 1. The molecule has 5 nitrogen and oxygen atoms in total. The van der Waals surface area contributed by atoms with Crippen LogP contribution in [0.2, 0.25) is 0 Å². The van der Waals surface area contributed by atoms with Crippen molar-refractivity contribution >= 4 is 11.0 Å². The lowest BCUT2D eigenvalue weighted by atomic mass is 9.96. The Hall–Kier alpha value is -3.57. The van der Waals surface area contributed by atoms with Crippen LogP contribution in [-0.4, -0.2) is 19.3 Å². The Labute approximate surface area is 174 Å². The first-order valence-electron chi connectivity index (χ1n) is 9.59. The molecule has 0 spiro atoms. The zero-order chi connectivity index (χ0) is 21.3. The van der Waals surface area contributed by atoms with Crippen LogP contribution in [0.5, 0.6) is 11.5 Å². The third-order valence-electron chi connectivity index (χ3n) is 5.14. The molecule has 0 fully saturated rings. The van der Waals surface area contributed by atoms with Crippen molar-refractivity contribution in [3.8, 4) is 33.8 Å². The fourth-order valence-corrected chi connectivity index (χ4v) is 3.57. The Morgan fingerprint density at radius 3 is 2.27 bits per heavy atom. The topological polar surface area (TPSA) is 68.9 Å². The highest BCUT2D eigenvalue weighted by Crippen LogP contribution is 2.38. The minimum absolute atomic E-state index is 0.403. The number of methoxy groups -OCH3 is 2. The van der Waals surface area contributed by atoms with Gasteiger partial charge in [0, 0.05) is 23.8 Å². The van der Waals surface area contributed by atoms with Gasteiger partial charge in [0.15, 0.2) is 0 Å². The lowest BCUT2D eigenvalue weighted by Crippen LogP contribution is -2.00. The molecule has 152 valence electrons. The third-order valence-corrected chi connectivity index (χ3v) is 5.14. The van der Waals surface area contributed by atoms with Crippen LogP contribution in [0.15, 0.2) is 75.9 Å². The van der Waals surface area contributed by atoms with Gasteiger partial charge in [-0.1, -0.05) is 42.5 Å². The van der Waals surface area contributed by atoms with Crippen molar-refractivity contribution in [1.82, 2.24) is 0 Å². The van der Waals surface area contributed by atoms with Crippen molar-refractivity contribution < 1.29 is 19.0 Å². The smallest absolute Gasteiger partial charge is 0.336 e. The molecule has 4 aromatic rings. The fraction of sp³-hybridized carbons (Fsp3) is 0.160. The Bertz CT molecular complexity index is 1250. The Morgan fingerprint density at radius 1 is 0.867 bits per heavy atom. The molecule has 5 heteroatoms.